The van der Waals surface area contributed by atoms with Gasteiger partial charge >= 0.3 is 6.18 Å². The molecule has 1 aliphatic rings. The van der Waals surface area contributed by atoms with Crippen molar-refractivity contribution in [1.29, 1.82) is 0 Å². The minimum atomic E-state index is -4.31. The number of rotatable bonds is 2. The van der Waals surface area contributed by atoms with Gasteiger partial charge in [-0.15, -0.1) is 0 Å². The Morgan fingerprint density at radius 2 is 2.12 bits per heavy atom. The topological polar surface area (TPSA) is 38.9 Å². The van der Waals surface area contributed by atoms with Crippen molar-refractivity contribution in [3.8, 4) is 0 Å². The smallest absolute Gasteiger partial charge is 0.330 e. The highest BCUT2D eigenvalue weighted by Gasteiger charge is 2.38. The SMILES string of the molecule is NCC1CCCC1c1cnccc1C(F)(F)F. The molecule has 2 rings (SSSR count). The van der Waals surface area contributed by atoms with Crippen LogP contribution >= 0.6 is 0 Å². The molecule has 0 radical (unpaired) electrons. The van der Waals surface area contributed by atoms with Gasteiger partial charge in [0.25, 0.3) is 0 Å². The molecular weight excluding hydrogens is 229 g/mol. The number of hydrogen-bond donors (Lipinski definition) is 1. The van der Waals surface area contributed by atoms with Crippen LogP contribution in [0.25, 0.3) is 0 Å². The summed E-state index contributed by atoms with van der Waals surface area (Å²) in [5, 5.41) is 0. The first-order valence-electron chi connectivity index (χ1n) is 5.75. The Balaban J connectivity index is 2.38. The lowest BCUT2D eigenvalue weighted by atomic mass is 9.87. The van der Waals surface area contributed by atoms with Crippen LogP contribution in [0.2, 0.25) is 0 Å². The van der Waals surface area contributed by atoms with E-state index in [1.165, 1.54) is 12.4 Å². The van der Waals surface area contributed by atoms with Crippen LogP contribution in [0.1, 0.15) is 36.3 Å². The molecule has 1 heterocycles. The summed E-state index contributed by atoms with van der Waals surface area (Å²) in [6, 6.07) is 1.06. The van der Waals surface area contributed by atoms with Crippen molar-refractivity contribution in [2.75, 3.05) is 6.54 Å². The molecule has 94 valence electrons. The molecule has 17 heavy (non-hydrogen) atoms. The van der Waals surface area contributed by atoms with E-state index >= 15 is 0 Å². The maximum absolute atomic E-state index is 12.9. The highest BCUT2D eigenvalue weighted by atomic mass is 19.4. The first kappa shape index (κ1) is 12.4. The highest BCUT2D eigenvalue weighted by Crippen LogP contribution is 2.43. The van der Waals surface area contributed by atoms with E-state index in [4.69, 9.17) is 5.73 Å². The van der Waals surface area contributed by atoms with Crippen molar-refractivity contribution in [2.24, 2.45) is 11.7 Å². The van der Waals surface area contributed by atoms with Crippen molar-refractivity contribution in [3.05, 3.63) is 29.6 Å². The molecule has 1 fully saturated rings. The molecule has 5 heteroatoms. The van der Waals surface area contributed by atoms with Crippen molar-refractivity contribution in [3.63, 3.8) is 0 Å². The second-order valence-corrected chi connectivity index (χ2v) is 4.49. The Bertz CT molecular complexity index is 390. The maximum atomic E-state index is 12.9. The van der Waals surface area contributed by atoms with Crippen LogP contribution in [0.15, 0.2) is 18.5 Å². The van der Waals surface area contributed by atoms with Gasteiger partial charge in [-0.1, -0.05) is 6.42 Å². The van der Waals surface area contributed by atoms with E-state index in [1.807, 2.05) is 0 Å². The van der Waals surface area contributed by atoms with Gasteiger partial charge in [-0.2, -0.15) is 13.2 Å². The van der Waals surface area contributed by atoms with Crippen molar-refractivity contribution in [1.82, 2.24) is 4.98 Å². The summed E-state index contributed by atoms with van der Waals surface area (Å²) >= 11 is 0. The van der Waals surface area contributed by atoms with Crippen LogP contribution in [0, 0.1) is 5.92 Å². The van der Waals surface area contributed by atoms with Crippen LogP contribution in [0.5, 0.6) is 0 Å². The van der Waals surface area contributed by atoms with Gasteiger partial charge in [0.05, 0.1) is 5.56 Å². The predicted octanol–water partition coefficient (Wildman–Crippen LogP) is 2.94. The fraction of sp³-hybridized carbons (Fsp3) is 0.583. The third kappa shape index (κ3) is 2.44. The summed E-state index contributed by atoms with van der Waals surface area (Å²) in [5.41, 5.74) is 5.37. The summed E-state index contributed by atoms with van der Waals surface area (Å²) in [5.74, 6) is 0.0608. The summed E-state index contributed by atoms with van der Waals surface area (Å²) in [6.07, 6.45) is 0.864. The number of nitrogens with zero attached hydrogens (tertiary/aromatic N) is 1. The van der Waals surface area contributed by atoms with E-state index in [2.05, 4.69) is 4.98 Å². The van der Waals surface area contributed by atoms with Gasteiger partial charge in [-0.25, -0.2) is 0 Å². The summed E-state index contributed by atoms with van der Waals surface area (Å²) in [6.45, 7) is 0.441. The van der Waals surface area contributed by atoms with E-state index in [1.54, 1.807) is 0 Å². The lowest BCUT2D eigenvalue weighted by Gasteiger charge is -2.21. The molecule has 0 bridgehead atoms. The number of hydrogen-bond acceptors (Lipinski definition) is 2. The molecule has 1 saturated carbocycles. The van der Waals surface area contributed by atoms with E-state index in [0.29, 0.717) is 12.1 Å². The Kier molecular flexibility index (Phi) is 3.38. The number of aromatic nitrogens is 1. The molecule has 2 nitrogen and oxygen atoms in total. The number of halogens is 3. The quantitative estimate of drug-likeness (QED) is 0.868. The molecule has 0 saturated heterocycles. The largest absolute Gasteiger partial charge is 0.416 e. The Morgan fingerprint density at radius 1 is 1.35 bits per heavy atom. The molecule has 0 aliphatic heterocycles. The molecular formula is C12H15F3N2. The number of alkyl halides is 3. The maximum Gasteiger partial charge on any atom is 0.416 e. The summed E-state index contributed by atoms with van der Waals surface area (Å²) in [4.78, 5) is 3.83. The molecule has 1 aromatic heterocycles. The summed E-state index contributed by atoms with van der Waals surface area (Å²) in [7, 11) is 0. The summed E-state index contributed by atoms with van der Waals surface area (Å²) < 4.78 is 38.6. The average molecular weight is 244 g/mol. The van der Waals surface area contributed by atoms with Crippen molar-refractivity contribution < 1.29 is 13.2 Å². The minimum absolute atomic E-state index is 0.0923. The van der Waals surface area contributed by atoms with Gasteiger partial charge < -0.3 is 5.73 Å². The average Bonchev–Trinajstić information content (AvgIpc) is 2.75. The van der Waals surface area contributed by atoms with Gasteiger partial charge in [0.15, 0.2) is 0 Å². The zero-order valence-electron chi connectivity index (χ0n) is 9.37. The second kappa shape index (κ2) is 4.64. The monoisotopic (exact) mass is 244 g/mol. The van der Waals surface area contributed by atoms with E-state index < -0.39 is 11.7 Å². The van der Waals surface area contributed by atoms with Gasteiger partial charge in [-0.3, -0.25) is 4.98 Å². The van der Waals surface area contributed by atoms with E-state index in [-0.39, 0.29) is 11.8 Å². The van der Waals surface area contributed by atoms with Crippen LogP contribution in [-0.2, 0) is 6.18 Å². The molecule has 0 spiro atoms. The van der Waals surface area contributed by atoms with Crippen molar-refractivity contribution in [2.45, 2.75) is 31.4 Å². The minimum Gasteiger partial charge on any atom is -0.330 e. The molecule has 2 unspecified atom stereocenters. The van der Waals surface area contributed by atoms with Crippen LogP contribution in [0.3, 0.4) is 0 Å². The van der Waals surface area contributed by atoms with Gasteiger partial charge in [0, 0.05) is 12.4 Å². The third-order valence-corrected chi connectivity index (χ3v) is 3.52. The lowest BCUT2D eigenvalue weighted by molar-refractivity contribution is -0.138. The normalized spacial score (nSPS) is 25.2. The first-order valence-corrected chi connectivity index (χ1v) is 5.75. The standard InChI is InChI=1S/C12H15F3N2/c13-12(14,15)11-4-5-17-7-10(11)9-3-1-2-8(9)6-16/h4-5,7-9H,1-3,6,16H2. The Labute approximate surface area is 98.0 Å². The molecule has 1 aliphatic carbocycles. The van der Waals surface area contributed by atoms with Crippen LogP contribution in [0.4, 0.5) is 13.2 Å². The fourth-order valence-corrected chi connectivity index (χ4v) is 2.69. The van der Waals surface area contributed by atoms with Gasteiger partial charge in [0.1, 0.15) is 0 Å². The van der Waals surface area contributed by atoms with Crippen LogP contribution < -0.4 is 5.73 Å². The van der Waals surface area contributed by atoms with Crippen molar-refractivity contribution >= 4 is 0 Å². The van der Waals surface area contributed by atoms with E-state index in [0.717, 1.165) is 25.3 Å². The molecule has 0 amide bonds. The first-order chi connectivity index (χ1) is 8.04. The molecule has 1 aromatic rings. The Hall–Kier alpha value is -1.10. The second-order valence-electron chi connectivity index (χ2n) is 4.49. The van der Waals surface area contributed by atoms with Crippen LogP contribution in [-0.4, -0.2) is 11.5 Å². The molecule has 0 aromatic carbocycles. The zero-order chi connectivity index (χ0) is 12.5. The highest BCUT2D eigenvalue weighted by molar-refractivity contribution is 5.31. The molecule has 2 atom stereocenters. The fourth-order valence-electron chi connectivity index (χ4n) is 2.69. The number of nitrogens with two attached hydrogens (primary N) is 1. The lowest BCUT2D eigenvalue weighted by Crippen LogP contribution is -2.20. The van der Waals surface area contributed by atoms with Gasteiger partial charge in [0.2, 0.25) is 0 Å². The Morgan fingerprint density at radius 3 is 2.76 bits per heavy atom. The van der Waals surface area contributed by atoms with E-state index in [9.17, 15) is 13.2 Å². The number of pyridine rings is 1. The molecule has 2 N–H and O–H groups in total. The predicted molar refractivity (Wildman–Crippen MR) is 58.4 cm³/mol. The third-order valence-electron chi connectivity index (χ3n) is 3.52. The zero-order valence-corrected chi connectivity index (χ0v) is 9.37. The van der Waals surface area contributed by atoms with Gasteiger partial charge in [-0.05, 0) is 42.9 Å².